The molecule has 4 atom stereocenters. The third kappa shape index (κ3) is 3.15. The van der Waals surface area contributed by atoms with Crippen LogP contribution in [0.3, 0.4) is 0 Å². The number of rotatable bonds is 1. The monoisotopic (exact) mass is 419 g/mol. The van der Waals surface area contributed by atoms with E-state index < -0.39 is 29.5 Å². The van der Waals surface area contributed by atoms with Crippen LogP contribution in [-0.4, -0.2) is 22.8 Å². The lowest BCUT2D eigenvalue weighted by molar-refractivity contribution is -0.144. The Morgan fingerprint density at radius 2 is 1.97 bits per heavy atom. The zero-order valence-corrected chi connectivity index (χ0v) is 16.7. The number of ether oxygens (including phenoxy) is 2. The minimum absolute atomic E-state index is 0.0116. The lowest BCUT2D eigenvalue weighted by atomic mass is 9.76. The highest BCUT2D eigenvalue weighted by atomic mass is 19.4. The first-order valence-corrected chi connectivity index (χ1v) is 10.5. The van der Waals surface area contributed by atoms with Crippen molar-refractivity contribution in [3.8, 4) is 0 Å². The van der Waals surface area contributed by atoms with E-state index in [1.54, 1.807) is 6.20 Å². The van der Waals surface area contributed by atoms with Crippen molar-refractivity contribution in [3.63, 3.8) is 0 Å². The van der Waals surface area contributed by atoms with Crippen LogP contribution in [-0.2, 0) is 27.7 Å². The summed E-state index contributed by atoms with van der Waals surface area (Å²) in [6.45, 7) is 2.53. The van der Waals surface area contributed by atoms with Gasteiger partial charge in [0.25, 0.3) is 0 Å². The molecule has 1 aromatic heterocycles. The second kappa shape index (κ2) is 7.04. The van der Waals surface area contributed by atoms with Crippen LogP contribution in [0.15, 0.2) is 30.5 Å². The highest BCUT2D eigenvalue weighted by Gasteiger charge is 2.51. The summed E-state index contributed by atoms with van der Waals surface area (Å²) in [6.07, 6.45) is -0.0486. The van der Waals surface area contributed by atoms with E-state index in [2.05, 4.69) is 4.98 Å². The van der Waals surface area contributed by atoms with Crippen molar-refractivity contribution in [1.82, 2.24) is 4.98 Å². The molecular weight excluding hydrogens is 395 g/mol. The van der Waals surface area contributed by atoms with Crippen LogP contribution in [0, 0.1) is 0 Å². The molecule has 0 bridgehead atoms. The van der Waals surface area contributed by atoms with Crippen LogP contribution in [0.5, 0.6) is 0 Å². The van der Waals surface area contributed by atoms with Gasteiger partial charge in [0.1, 0.15) is 6.10 Å². The van der Waals surface area contributed by atoms with Crippen LogP contribution >= 0.6 is 0 Å². The van der Waals surface area contributed by atoms with E-state index in [9.17, 15) is 18.3 Å². The number of aliphatic hydroxyl groups is 1. The van der Waals surface area contributed by atoms with Gasteiger partial charge < -0.3 is 14.6 Å². The first-order valence-electron chi connectivity index (χ1n) is 10.5. The molecule has 160 valence electrons. The van der Waals surface area contributed by atoms with Crippen LogP contribution < -0.4 is 0 Å². The molecule has 7 heteroatoms. The minimum atomic E-state index is -4.38. The van der Waals surface area contributed by atoms with E-state index in [0.29, 0.717) is 31.4 Å². The Balaban J connectivity index is 1.64. The zero-order chi connectivity index (χ0) is 21.1. The van der Waals surface area contributed by atoms with Gasteiger partial charge in [0, 0.05) is 35.9 Å². The topological polar surface area (TPSA) is 51.6 Å². The third-order valence-electron chi connectivity index (χ3n) is 6.60. The molecule has 1 saturated heterocycles. The molecule has 3 heterocycles. The van der Waals surface area contributed by atoms with Gasteiger partial charge in [-0.25, -0.2) is 0 Å². The predicted octanol–water partition coefficient (Wildman–Crippen LogP) is 4.98. The van der Waals surface area contributed by atoms with Gasteiger partial charge in [-0.05, 0) is 49.4 Å². The number of alkyl halides is 3. The Kier molecular flexibility index (Phi) is 4.69. The highest BCUT2D eigenvalue weighted by Crippen LogP contribution is 2.55. The lowest BCUT2D eigenvalue weighted by Gasteiger charge is -2.39. The molecule has 2 aromatic rings. The van der Waals surface area contributed by atoms with Crippen LogP contribution in [0.2, 0.25) is 0 Å². The molecule has 5 rings (SSSR count). The van der Waals surface area contributed by atoms with Crippen LogP contribution in [0.25, 0.3) is 0 Å². The number of hydrogen-bond acceptors (Lipinski definition) is 4. The number of aryl methyl sites for hydroxylation is 1. The van der Waals surface area contributed by atoms with E-state index in [1.165, 1.54) is 12.1 Å². The van der Waals surface area contributed by atoms with E-state index in [4.69, 9.17) is 9.47 Å². The van der Waals surface area contributed by atoms with Crippen molar-refractivity contribution in [3.05, 3.63) is 64.0 Å². The number of pyridine rings is 1. The first-order chi connectivity index (χ1) is 14.3. The van der Waals surface area contributed by atoms with Crippen LogP contribution in [0.4, 0.5) is 13.2 Å². The van der Waals surface area contributed by atoms with Gasteiger partial charge in [-0.1, -0.05) is 12.1 Å². The molecule has 0 amide bonds. The fourth-order valence-corrected chi connectivity index (χ4v) is 5.28. The van der Waals surface area contributed by atoms with E-state index in [0.717, 1.165) is 47.4 Å². The maximum atomic E-state index is 13.0. The number of hydrogen-bond donors (Lipinski definition) is 1. The smallest absolute Gasteiger partial charge is 0.388 e. The summed E-state index contributed by atoms with van der Waals surface area (Å²) in [4.78, 5) is 4.62. The molecule has 1 spiro atoms. The van der Waals surface area contributed by atoms with Crippen molar-refractivity contribution in [1.29, 1.82) is 0 Å². The summed E-state index contributed by atoms with van der Waals surface area (Å²) in [5.41, 5.74) is 2.96. The van der Waals surface area contributed by atoms with Gasteiger partial charge in [0.2, 0.25) is 0 Å². The van der Waals surface area contributed by atoms with Gasteiger partial charge in [0.15, 0.2) is 0 Å². The molecule has 1 N–H and O–H groups in total. The number of aliphatic hydroxyl groups excluding tert-OH is 1. The summed E-state index contributed by atoms with van der Waals surface area (Å²) in [7, 11) is 0. The second-order valence-corrected chi connectivity index (χ2v) is 8.60. The van der Waals surface area contributed by atoms with Crippen molar-refractivity contribution >= 4 is 0 Å². The van der Waals surface area contributed by atoms with E-state index in [1.807, 2.05) is 6.92 Å². The number of halogens is 3. The number of benzene rings is 1. The number of fused-ring (bicyclic) bond motifs is 4. The first kappa shape index (κ1) is 20.0. The molecular formula is C23H24F3NO3. The summed E-state index contributed by atoms with van der Waals surface area (Å²) in [5, 5.41) is 10.8. The van der Waals surface area contributed by atoms with E-state index in [-0.39, 0.29) is 6.10 Å². The Labute approximate surface area is 173 Å². The third-order valence-corrected chi connectivity index (χ3v) is 6.60. The standard InChI is InChI=1S/C23H24F3NO3/c1-13-11-22(9-10-29-13)20-16(12-27-17-3-2-4-18(28)19(17)20)21(30-22)14-5-7-15(8-6-14)23(24,25)26/h5-8,12-13,18,21,28H,2-4,9-11H2,1H3. The molecule has 2 aliphatic heterocycles. The zero-order valence-electron chi connectivity index (χ0n) is 16.7. The maximum Gasteiger partial charge on any atom is 0.416 e. The van der Waals surface area contributed by atoms with Gasteiger partial charge >= 0.3 is 6.18 Å². The van der Waals surface area contributed by atoms with Gasteiger partial charge in [-0.3, -0.25) is 4.98 Å². The normalized spacial score (nSPS) is 30.9. The average molecular weight is 419 g/mol. The average Bonchev–Trinajstić information content (AvgIpc) is 3.01. The highest BCUT2D eigenvalue weighted by molar-refractivity contribution is 5.50. The minimum Gasteiger partial charge on any atom is -0.388 e. The fourth-order valence-electron chi connectivity index (χ4n) is 5.28. The van der Waals surface area contributed by atoms with Crippen molar-refractivity contribution in [2.24, 2.45) is 0 Å². The Morgan fingerprint density at radius 3 is 2.67 bits per heavy atom. The fraction of sp³-hybridized carbons (Fsp3) is 0.522. The van der Waals surface area contributed by atoms with Crippen molar-refractivity contribution in [2.45, 2.75) is 69.1 Å². The SMILES string of the molecule is CC1CC2(CCO1)OC(c1ccc(C(F)(F)F)cc1)c1cnc3c(c12)C(O)CCC3. The van der Waals surface area contributed by atoms with Gasteiger partial charge in [-0.15, -0.1) is 0 Å². The Bertz CT molecular complexity index is 959. The second-order valence-electron chi connectivity index (χ2n) is 8.60. The molecule has 1 fully saturated rings. The molecule has 0 radical (unpaired) electrons. The predicted molar refractivity (Wildman–Crippen MR) is 103 cm³/mol. The van der Waals surface area contributed by atoms with Crippen LogP contribution in [0.1, 0.15) is 78.3 Å². The molecule has 3 aliphatic rings. The van der Waals surface area contributed by atoms with Crippen molar-refractivity contribution < 1.29 is 27.8 Å². The quantitative estimate of drug-likeness (QED) is 0.708. The number of aromatic nitrogens is 1. The summed E-state index contributed by atoms with van der Waals surface area (Å²) < 4.78 is 51.4. The number of nitrogens with zero attached hydrogens (tertiary/aromatic N) is 1. The largest absolute Gasteiger partial charge is 0.416 e. The summed E-state index contributed by atoms with van der Waals surface area (Å²) in [5.74, 6) is 0. The molecule has 30 heavy (non-hydrogen) atoms. The molecule has 0 saturated carbocycles. The Hall–Kier alpha value is -1.96. The maximum absolute atomic E-state index is 13.0. The molecule has 1 aromatic carbocycles. The lowest BCUT2D eigenvalue weighted by Crippen LogP contribution is -2.39. The molecule has 4 unspecified atom stereocenters. The Morgan fingerprint density at radius 1 is 1.20 bits per heavy atom. The van der Waals surface area contributed by atoms with Crippen molar-refractivity contribution in [2.75, 3.05) is 6.61 Å². The molecule has 1 aliphatic carbocycles. The van der Waals surface area contributed by atoms with Gasteiger partial charge in [0.05, 0.1) is 30.0 Å². The van der Waals surface area contributed by atoms with Gasteiger partial charge in [-0.2, -0.15) is 13.2 Å². The summed E-state index contributed by atoms with van der Waals surface area (Å²) >= 11 is 0. The summed E-state index contributed by atoms with van der Waals surface area (Å²) in [6, 6.07) is 5.15. The molecule has 4 nitrogen and oxygen atoms in total. The van der Waals surface area contributed by atoms with E-state index >= 15 is 0 Å².